The van der Waals surface area contributed by atoms with Crippen molar-refractivity contribution in [2.45, 2.75) is 32.2 Å². The number of rotatable bonds is 4. The Balaban J connectivity index is 1.46. The first-order valence-corrected chi connectivity index (χ1v) is 8.72. The standard InChI is InChI=1S/C16H19N3O2S/c1-10-8-14(18-21-10)17-15(20)9-19-6-4-13-12(5-7-22-13)16(19)11-2-3-11/h5,7-8,11,16H,2-4,6,9H2,1H3,(H,17,18,20)/p+1/t16-/m0/s1. The molecule has 1 fully saturated rings. The Morgan fingerprint density at radius 1 is 1.55 bits per heavy atom. The molecule has 0 aromatic carbocycles. The molecule has 1 amide bonds. The van der Waals surface area contributed by atoms with Crippen LogP contribution in [-0.2, 0) is 11.2 Å². The Bertz CT molecular complexity index is 689. The summed E-state index contributed by atoms with van der Waals surface area (Å²) in [5.41, 5.74) is 1.49. The summed E-state index contributed by atoms with van der Waals surface area (Å²) in [6.07, 6.45) is 3.68. The maximum absolute atomic E-state index is 12.3. The first-order valence-electron chi connectivity index (χ1n) is 7.85. The average molecular weight is 318 g/mol. The number of carbonyl (C=O) groups is 1. The van der Waals surface area contributed by atoms with E-state index >= 15 is 0 Å². The minimum Gasteiger partial charge on any atom is -0.360 e. The second-order valence-electron chi connectivity index (χ2n) is 6.32. The van der Waals surface area contributed by atoms with Crippen molar-refractivity contribution in [2.75, 3.05) is 18.4 Å². The van der Waals surface area contributed by atoms with E-state index in [4.69, 9.17) is 4.52 Å². The molecule has 6 heteroatoms. The van der Waals surface area contributed by atoms with Gasteiger partial charge in [0, 0.05) is 28.8 Å². The number of amides is 1. The van der Waals surface area contributed by atoms with E-state index in [9.17, 15) is 4.79 Å². The van der Waals surface area contributed by atoms with Crippen LogP contribution in [0.1, 0.15) is 35.1 Å². The molecule has 2 aromatic heterocycles. The summed E-state index contributed by atoms with van der Waals surface area (Å²) >= 11 is 1.86. The number of fused-ring (bicyclic) bond motifs is 1. The van der Waals surface area contributed by atoms with Crippen molar-refractivity contribution in [3.8, 4) is 0 Å². The van der Waals surface area contributed by atoms with Crippen LogP contribution in [-0.4, -0.2) is 24.2 Å². The zero-order valence-electron chi connectivity index (χ0n) is 12.6. The van der Waals surface area contributed by atoms with Gasteiger partial charge in [-0.25, -0.2) is 0 Å². The highest BCUT2D eigenvalue weighted by atomic mass is 32.1. The molecule has 116 valence electrons. The smallest absolute Gasteiger partial charge is 0.280 e. The Morgan fingerprint density at radius 3 is 3.14 bits per heavy atom. The maximum atomic E-state index is 12.3. The molecule has 0 radical (unpaired) electrons. The lowest BCUT2D eigenvalue weighted by Gasteiger charge is -2.32. The van der Waals surface area contributed by atoms with Gasteiger partial charge in [-0.15, -0.1) is 11.3 Å². The van der Waals surface area contributed by atoms with Gasteiger partial charge in [0.05, 0.1) is 6.54 Å². The van der Waals surface area contributed by atoms with Crippen LogP contribution in [0, 0.1) is 12.8 Å². The number of aryl methyl sites for hydroxylation is 1. The van der Waals surface area contributed by atoms with E-state index in [0.717, 1.165) is 18.9 Å². The van der Waals surface area contributed by atoms with Gasteiger partial charge in [-0.3, -0.25) is 4.79 Å². The van der Waals surface area contributed by atoms with Crippen LogP contribution in [0.2, 0.25) is 0 Å². The molecule has 2 atom stereocenters. The second-order valence-corrected chi connectivity index (χ2v) is 7.32. The van der Waals surface area contributed by atoms with Crippen LogP contribution < -0.4 is 10.2 Å². The molecule has 5 nitrogen and oxygen atoms in total. The number of hydrogen-bond donors (Lipinski definition) is 2. The quantitative estimate of drug-likeness (QED) is 0.900. The Morgan fingerprint density at radius 2 is 2.41 bits per heavy atom. The first-order chi connectivity index (χ1) is 10.7. The van der Waals surface area contributed by atoms with Gasteiger partial charge < -0.3 is 14.7 Å². The van der Waals surface area contributed by atoms with E-state index in [1.807, 2.05) is 18.3 Å². The van der Waals surface area contributed by atoms with Crippen molar-refractivity contribution in [3.63, 3.8) is 0 Å². The van der Waals surface area contributed by atoms with Gasteiger partial charge in [-0.1, -0.05) is 5.16 Å². The van der Waals surface area contributed by atoms with Crippen molar-refractivity contribution >= 4 is 23.1 Å². The number of quaternary nitrogens is 1. The number of aromatic nitrogens is 1. The summed E-state index contributed by atoms with van der Waals surface area (Å²) in [7, 11) is 0. The van der Waals surface area contributed by atoms with E-state index in [0.29, 0.717) is 24.2 Å². The number of hydrogen-bond acceptors (Lipinski definition) is 4. The van der Waals surface area contributed by atoms with E-state index < -0.39 is 0 Å². The third kappa shape index (κ3) is 2.68. The maximum Gasteiger partial charge on any atom is 0.280 e. The Labute approximate surface area is 133 Å². The van der Waals surface area contributed by atoms with Crippen molar-refractivity contribution in [1.29, 1.82) is 0 Å². The molecular weight excluding hydrogens is 298 g/mol. The molecule has 0 bridgehead atoms. The van der Waals surface area contributed by atoms with E-state index in [1.165, 1.54) is 28.2 Å². The van der Waals surface area contributed by atoms with Crippen LogP contribution >= 0.6 is 11.3 Å². The predicted molar refractivity (Wildman–Crippen MR) is 84.1 cm³/mol. The zero-order chi connectivity index (χ0) is 15.1. The van der Waals surface area contributed by atoms with Crippen LogP contribution in [0.15, 0.2) is 22.0 Å². The molecule has 1 aliphatic carbocycles. The zero-order valence-corrected chi connectivity index (χ0v) is 13.4. The SMILES string of the molecule is Cc1cc(NC(=O)C[NH+]2CCc3sccc3[C@@H]2C2CC2)no1. The summed E-state index contributed by atoms with van der Waals surface area (Å²) in [6, 6.07) is 4.51. The molecule has 1 unspecified atom stereocenters. The molecule has 0 spiro atoms. The summed E-state index contributed by atoms with van der Waals surface area (Å²) in [5, 5.41) is 8.87. The highest BCUT2D eigenvalue weighted by Crippen LogP contribution is 2.42. The van der Waals surface area contributed by atoms with Gasteiger partial charge in [0.15, 0.2) is 12.4 Å². The Hall–Kier alpha value is -1.66. The highest BCUT2D eigenvalue weighted by Gasteiger charge is 2.43. The lowest BCUT2D eigenvalue weighted by atomic mass is 9.96. The van der Waals surface area contributed by atoms with Crippen molar-refractivity contribution < 1.29 is 14.2 Å². The molecule has 2 aliphatic rings. The molecule has 2 aromatic rings. The molecule has 3 heterocycles. The van der Waals surface area contributed by atoms with Gasteiger partial charge in [0.25, 0.3) is 5.91 Å². The molecular formula is C16H20N3O2S+. The molecule has 2 N–H and O–H groups in total. The van der Waals surface area contributed by atoms with E-state index in [1.54, 1.807) is 6.07 Å². The van der Waals surface area contributed by atoms with Crippen molar-refractivity contribution in [3.05, 3.63) is 33.7 Å². The van der Waals surface area contributed by atoms with Gasteiger partial charge in [0.2, 0.25) is 0 Å². The third-order valence-corrected chi connectivity index (χ3v) is 5.60. The predicted octanol–water partition coefficient (Wildman–Crippen LogP) is 1.58. The second kappa shape index (κ2) is 5.52. The molecule has 4 rings (SSSR count). The minimum atomic E-state index is 0.0210. The average Bonchev–Trinajstić information content (AvgIpc) is 3.06. The van der Waals surface area contributed by atoms with Crippen LogP contribution in [0.4, 0.5) is 5.82 Å². The summed E-state index contributed by atoms with van der Waals surface area (Å²) in [4.78, 5) is 15.2. The number of anilines is 1. The van der Waals surface area contributed by atoms with E-state index in [2.05, 4.69) is 21.9 Å². The van der Waals surface area contributed by atoms with Gasteiger partial charge >= 0.3 is 0 Å². The summed E-state index contributed by atoms with van der Waals surface area (Å²) in [6.45, 7) is 3.36. The minimum absolute atomic E-state index is 0.0210. The molecule has 1 saturated carbocycles. The topological polar surface area (TPSA) is 59.6 Å². The fraction of sp³-hybridized carbons (Fsp3) is 0.500. The first kappa shape index (κ1) is 14.0. The normalized spacial score (nSPS) is 24.0. The molecule has 1 aliphatic heterocycles. The fourth-order valence-electron chi connectivity index (χ4n) is 3.51. The lowest BCUT2D eigenvalue weighted by Crippen LogP contribution is -3.14. The summed E-state index contributed by atoms with van der Waals surface area (Å²) < 4.78 is 4.99. The fourth-order valence-corrected chi connectivity index (χ4v) is 4.44. The number of nitrogens with zero attached hydrogens (tertiary/aromatic N) is 1. The third-order valence-electron chi connectivity index (χ3n) is 4.60. The van der Waals surface area contributed by atoms with Crippen molar-refractivity contribution in [2.24, 2.45) is 5.92 Å². The number of carbonyl (C=O) groups excluding carboxylic acids is 1. The monoisotopic (exact) mass is 318 g/mol. The van der Waals surface area contributed by atoms with E-state index in [-0.39, 0.29) is 5.91 Å². The van der Waals surface area contributed by atoms with Crippen LogP contribution in [0.3, 0.4) is 0 Å². The highest BCUT2D eigenvalue weighted by molar-refractivity contribution is 7.10. The largest absolute Gasteiger partial charge is 0.360 e. The number of thiophene rings is 1. The van der Waals surface area contributed by atoms with Crippen molar-refractivity contribution in [1.82, 2.24) is 5.16 Å². The van der Waals surface area contributed by atoms with Crippen LogP contribution in [0.25, 0.3) is 0 Å². The Kier molecular flexibility index (Phi) is 3.50. The van der Waals surface area contributed by atoms with Gasteiger partial charge in [-0.2, -0.15) is 0 Å². The number of nitrogens with one attached hydrogen (secondary N) is 2. The van der Waals surface area contributed by atoms with Gasteiger partial charge in [-0.05, 0) is 31.2 Å². The molecule has 22 heavy (non-hydrogen) atoms. The van der Waals surface area contributed by atoms with Crippen LogP contribution in [0.5, 0.6) is 0 Å². The summed E-state index contributed by atoms with van der Waals surface area (Å²) in [5.74, 6) is 2.00. The molecule has 0 saturated heterocycles. The lowest BCUT2D eigenvalue weighted by molar-refractivity contribution is -0.928. The van der Waals surface area contributed by atoms with Gasteiger partial charge in [0.1, 0.15) is 11.8 Å².